The molecule has 8 nitrogen and oxygen atoms in total. The molecule has 146 valence electrons. The molecule has 2 bridgehead atoms. The predicted molar refractivity (Wildman–Crippen MR) is 101 cm³/mol. The van der Waals surface area contributed by atoms with Crippen molar-refractivity contribution in [3.05, 3.63) is 41.7 Å². The monoisotopic (exact) mass is 384 g/mol. The van der Waals surface area contributed by atoms with Gasteiger partial charge >= 0.3 is 5.97 Å². The maximum Gasteiger partial charge on any atom is 0.308 e. The molecule has 0 amide bonds. The highest BCUT2D eigenvalue weighted by molar-refractivity contribution is 6.12. The number of nitrogens with one attached hydrogen (secondary N) is 2. The van der Waals surface area contributed by atoms with E-state index in [1.165, 1.54) is 12.4 Å². The molecular weight excluding hydrogens is 363 g/mol. The summed E-state index contributed by atoms with van der Waals surface area (Å²) in [4.78, 5) is 24.0. The maximum absolute atomic E-state index is 13.5. The Morgan fingerprint density at radius 3 is 2.64 bits per heavy atom. The Labute approximate surface area is 160 Å². The van der Waals surface area contributed by atoms with Crippen LogP contribution < -0.4 is 11.1 Å². The molecule has 2 aromatic heterocycles. The van der Waals surface area contributed by atoms with E-state index in [9.17, 15) is 14.3 Å². The van der Waals surface area contributed by atoms with E-state index in [4.69, 9.17) is 11.1 Å². The number of pyridine rings is 1. The van der Waals surface area contributed by atoms with Crippen LogP contribution in [0.25, 0.3) is 0 Å². The molecule has 0 aliphatic heterocycles. The Morgan fingerprint density at radius 1 is 1.21 bits per heavy atom. The highest BCUT2D eigenvalue weighted by Crippen LogP contribution is 2.46. The van der Waals surface area contributed by atoms with Gasteiger partial charge in [0.15, 0.2) is 0 Å². The minimum Gasteiger partial charge on any atom is -0.481 e. The molecule has 3 saturated carbocycles. The number of hydrogen-bond acceptors (Lipinski definition) is 7. The van der Waals surface area contributed by atoms with Gasteiger partial charge in [0.1, 0.15) is 23.1 Å². The number of nitrogen functional groups attached to an aromatic ring is 1. The number of nitrogens with two attached hydrogens (primary N) is 1. The summed E-state index contributed by atoms with van der Waals surface area (Å²) in [5.41, 5.74) is 6.00. The van der Waals surface area contributed by atoms with E-state index in [0.29, 0.717) is 5.82 Å². The van der Waals surface area contributed by atoms with Crippen LogP contribution >= 0.6 is 0 Å². The number of carbonyl (C=O) groups is 1. The second kappa shape index (κ2) is 7.14. The Kier molecular flexibility index (Phi) is 4.66. The number of nitrogens with zero attached hydrogens (tertiary/aromatic N) is 3. The van der Waals surface area contributed by atoms with Gasteiger partial charge < -0.3 is 16.2 Å². The van der Waals surface area contributed by atoms with E-state index in [1.54, 1.807) is 0 Å². The SMILES string of the molecule is N=C(c1cncc(NC2C3CCC(CC3)[C@H]2C(=O)O)n1)c1cc(F)cnc1N. The van der Waals surface area contributed by atoms with Gasteiger partial charge in [-0.1, -0.05) is 0 Å². The zero-order valence-electron chi connectivity index (χ0n) is 15.1. The van der Waals surface area contributed by atoms with Crippen LogP contribution in [-0.4, -0.2) is 37.8 Å². The molecule has 28 heavy (non-hydrogen) atoms. The van der Waals surface area contributed by atoms with Gasteiger partial charge in [0.25, 0.3) is 0 Å². The first-order valence-corrected chi connectivity index (χ1v) is 9.25. The molecule has 5 rings (SSSR count). The summed E-state index contributed by atoms with van der Waals surface area (Å²) < 4.78 is 13.5. The second-order valence-corrected chi connectivity index (χ2v) is 7.46. The Hall–Kier alpha value is -3.10. The standard InChI is InChI=1S/C19H21FN6O2/c20-11-5-12(18(22)24-6-11)16(21)13-7-23-8-14(25-13)26-17-10-3-1-9(2-4-10)15(17)19(27)28/h5-10,15,17,21H,1-4H2,(H2,22,24)(H,25,26)(H,27,28)/t9?,10?,15-,17?/m1/s1. The Bertz CT molecular complexity index is 928. The van der Waals surface area contributed by atoms with Gasteiger partial charge in [0.2, 0.25) is 0 Å². The first-order valence-electron chi connectivity index (χ1n) is 9.25. The van der Waals surface area contributed by atoms with Crippen LogP contribution in [0, 0.1) is 29.0 Å². The molecule has 0 saturated heterocycles. The number of anilines is 2. The van der Waals surface area contributed by atoms with Crippen molar-refractivity contribution in [2.45, 2.75) is 31.7 Å². The average molecular weight is 384 g/mol. The smallest absolute Gasteiger partial charge is 0.308 e. The van der Waals surface area contributed by atoms with Gasteiger partial charge in [-0.05, 0) is 43.6 Å². The summed E-state index contributed by atoms with van der Waals surface area (Å²) in [7, 11) is 0. The molecule has 2 heterocycles. The lowest BCUT2D eigenvalue weighted by atomic mass is 9.61. The van der Waals surface area contributed by atoms with Crippen LogP contribution in [0.2, 0.25) is 0 Å². The van der Waals surface area contributed by atoms with E-state index in [2.05, 4.69) is 20.3 Å². The topological polar surface area (TPSA) is 138 Å². The van der Waals surface area contributed by atoms with E-state index in [1.807, 2.05) is 0 Å². The van der Waals surface area contributed by atoms with Crippen LogP contribution in [0.4, 0.5) is 16.0 Å². The van der Waals surface area contributed by atoms with Crippen molar-refractivity contribution in [2.75, 3.05) is 11.1 Å². The number of rotatable bonds is 5. The van der Waals surface area contributed by atoms with Crippen LogP contribution in [-0.2, 0) is 4.79 Å². The van der Waals surface area contributed by atoms with Crippen molar-refractivity contribution in [1.29, 1.82) is 5.41 Å². The number of carboxylic acids is 1. The quantitative estimate of drug-likeness (QED) is 0.580. The second-order valence-electron chi connectivity index (χ2n) is 7.46. The first kappa shape index (κ1) is 18.3. The van der Waals surface area contributed by atoms with Crippen molar-refractivity contribution in [3.8, 4) is 0 Å². The lowest BCUT2D eigenvalue weighted by molar-refractivity contribution is -0.148. The molecule has 3 fully saturated rings. The van der Waals surface area contributed by atoms with Crippen LogP contribution in [0.3, 0.4) is 0 Å². The summed E-state index contributed by atoms with van der Waals surface area (Å²) in [6, 6.07) is 0.914. The fraction of sp³-hybridized carbons (Fsp3) is 0.421. The third-order valence-corrected chi connectivity index (χ3v) is 5.86. The molecule has 3 aliphatic carbocycles. The third kappa shape index (κ3) is 3.28. The zero-order valence-corrected chi connectivity index (χ0v) is 15.1. The van der Waals surface area contributed by atoms with Crippen LogP contribution in [0.1, 0.15) is 36.9 Å². The van der Waals surface area contributed by atoms with Gasteiger partial charge in [-0.25, -0.2) is 14.4 Å². The van der Waals surface area contributed by atoms with Gasteiger partial charge in [-0.3, -0.25) is 15.2 Å². The molecule has 0 spiro atoms. The maximum atomic E-state index is 13.5. The third-order valence-electron chi connectivity index (χ3n) is 5.86. The number of hydrogen-bond donors (Lipinski definition) is 4. The molecular formula is C19H21FN6O2. The lowest BCUT2D eigenvalue weighted by Crippen LogP contribution is -2.51. The van der Waals surface area contributed by atoms with Crippen molar-refractivity contribution in [2.24, 2.45) is 17.8 Å². The number of aliphatic carboxylic acids is 1. The number of aromatic nitrogens is 3. The summed E-state index contributed by atoms with van der Waals surface area (Å²) >= 11 is 0. The van der Waals surface area contributed by atoms with Crippen LogP contribution in [0.15, 0.2) is 24.7 Å². The van der Waals surface area contributed by atoms with E-state index in [0.717, 1.165) is 37.9 Å². The van der Waals surface area contributed by atoms with E-state index >= 15 is 0 Å². The summed E-state index contributed by atoms with van der Waals surface area (Å²) in [5.74, 6) is -0.968. The predicted octanol–water partition coefficient (Wildman–Crippen LogP) is 2.31. The number of halogens is 1. The molecule has 3 aliphatic rings. The molecule has 5 N–H and O–H groups in total. The van der Waals surface area contributed by atoms with Crippen LogP contribution in [0.5, 0.6) is 0 Å². The van der Waals surface area contributed by atoms with Crippen molar-refractivity contribution in [3.63, 3.8) is 0 Å². The molecule has 2 atom stereocenters. The Balaban J connectivity index is 1.60. The normalized spacial score (nSPS) is 26.0. The van der Waals surface area contributed by atoms with Gasteiger partial charge in [0.05, 0.1) is 30.2 Å². The fourth-order valence-electron chi connectivity index (χ4n) is 4.53. The van der Waals surface area contributed by atoms with Crippen molar-refractivity contribution >= 4 is 23.3 Å². The van der Waals surface area contributed by atoms with Crippen molar-refractivity contribution < 1.29 is 14.3 Å². The average Bonchev–Trinajstić information content (AvgIpc) is 2.70. The summed E-state index contributed by atoms with van der Waals surface area (Å²) in [6.45, 7) is 0. The minimum atomic E-state index is -0.789. The van der Waals surface area contributed by atoms with Gasteiger partial charge in [0, 0.05) is 11.6 Å². The van der Waals surface area contributed by atoms with E-state index < -0.39 is 17.7 Å². The van der Waals surface area contributed by atoms with E-state index in [-0.39, 0.29) is 40.7 Å². The number of carboxylic acid groups (broad SMARTS) is 1. The van der Waals surface area contributed by atoms with Gasteiger partial charge in [-0.2, -0.15) is 0 Å². The first-order chi connectivity index (χ1) is 13.4. The highest BCUT2D eigenvalue weighted by Gasteiger charge is 2.47. The lowest BCUT2D eigenvalue weighted by Gasteiger charge is -2.47. The molecule has 2 aromatic rings. The molecule has 1 unspecified atom stereocenters. The fourth-order valence-corrected chi connectivity index (χ4v) is 4.53. The molecule has 0 radical (unpaired) electrons. The zero-order chi connectivity index (χ0) is 19.8. The molecule has 9 heteroatoms. The summed E-state index contributed by atoms with van der Waals surface area (Å²) in [6.07, 6.45) is 7.77. The summed E-state index contributed by atoms with van der Waals surface area (Å²) in [5, 5.41) is 21.2. The minimum absolute atomic E-state index is 0.0297. The molecule has 0 aromatic carbocycles. The highest BCUT2D eigenvalue weighted by atomic mass is 19.1. The number of fused-ring (bicyclic) bond motifs is 3. The Morgan fingerprint density at radius 2 is 1.93 bits per heavy atom. The largest absolute Gasteiger partial charge is 0.481 e. The van der Waals surface area contributed by atoms with Gasteiger partial charge in [-0.15, -0.1) is 0 Å². The van der Waals surface area contributed by atoms with Crippen molar-refractivity contribution in [1.82, 2.24) is 15.0 Å².